The molecule has 4 heteroatoms. The van der Waals surface area contributed by atoms with Crippen LogP contribution in [-0.4, -0.2) is 17.2 Å². The SMILES string of the molecule is c1ccc(-n2c3ccccc3c3cc(-n4c5ccccc5c5ccc([Si]6(c7ccccc7)c7ccccc7Sc7ccccc76)cc54)ccc32)cc1. The number of aromatic nitrogens is 2. The van der Waals surface area contributed by atoms with Crippen molar-refractivity contribution in [2.45, 2.75) is 9.79 Å². The minimum atomic E-state index is -2.72. The maximum atomic E-state index is 2.54. The molecule has 0 bridgehead atoms. The van der Waals surface area contributed by atoms with Crippen LogP contribution < -0.4 is 20.7 Å². The van der Waals surface area contributed by atoms with Gasteiger partial charge in [-0.3, -0.25) is 0 Å². The van der Waals surface area contributed by atoms with Gasteiger partial charge in [-0.25, -0.2) is 0 Å². The molecule has 2 aromatic heterocycles. The van der Waals surface area contributed by atoms with Crippen molar-refractivity contribution in [1.82, 2.24) is 9.13 Å². The van der Waals surface area contributed by atoms with Crippen molar-refractivity contribution in [2.24, 2.45) is 0 Å². The van der Waals surface area contributed by atoms with Gasteiger partial charge in [-0.2, -0.15) is 0 Å². The predicted molar refractivity (Wildman–Crippen MR) is 223 cm³/mol. The van der Waals surface area contributed by atoms with Crippen molar-refractivity contribution in [3.8, 4) is 11.4 Å². The third-order valence-electron chi connectivity index (χ3n) is 11.0. The first-order chi connectivity index (χ1) is 25.8. The van der Waals surface area contributed by atoms with Crippen LogP contribution in [0.3, 0.4) is 0 Å². The first-order valence-electron chi connectivity index (χ1n) is 17.9. The maximum absolute atomic E-state index is 2.72. The fourth-order valence-electron chi connectivity index (χ4n) is 8.91. The molecule has 244 valence electrons. The zero-order valence-electron chi connectivity index (χ0n) is 28.3. The van der Waals surface area contributed by atoms with E-state index in [4.69, 9.17) is 0 Å². The molecule has 0 amide bonds. The van der Waals surface area contributed by atoms with Gasteiger partial charge in [0, 0.05) is 42.7 Å². The molecule has 8 aromatic carbocycles. The molecule has 0 saturated heterocycles. The Balaban J connectivity index is 1.23. The monoisotopic (exact) mass is 696 g/mol. The normalized spacial score (nSPS) is 13.5. The van der Waals surface area contributed by atoms with Gasteiger partial charge in [-0.05, 0) is 81.4 Å². The highest BCUT2D eigenvalue weighted by Gasteiger charge is 2.47. The summed E-state index contributed by atoms with van der Waals surface area (Å²) in [6, 6.07) is 72.4. The summed E-state index contributed by atoms with van der Waals surface area (Å²) >= 11 is 1.91. The number of hydrogen-bond donors (Lipinski definition) is 0. The summed E-state index contributed by atoms with van der Waals surface area (Å²) in [6.45, 7) is 0. The molecule has 0 N–H and O–H groups in total. The molecule has 0 fully saturated rings. The number of benzene rings is 8. The first kappa shape index (κ1) is 29.6. The van der Waals surface area contributed by atoms with E-state index < -0.39 is 8.07 Å². The van der Waals surface area contributed by atoms with Crippen LogP contribution in [0.25, 0.3) is 55.0 Å². The van der Waals surface area contributed by atoms with Gasteiger partial charge in [-0.1, -0.05) is 145 Å². The second-order valence-electron chi connectivity index (χ2n) is 13.7. The number of nitrogens with zero attached hydrogens (tertiary/aromatic N) is 2. The molecule has 52 heavy (non-hydrogen) atoms. The minimum absolute atomic E-state index is 1.17. The second-order valence-corrected chi connectivity index (χ2v) is 18.5. The lowest BCUT2D eigenvalue weighted by molar-refractivity contribution is 1.17. The van der Waals surface area contributed by atoms with Crippen LogP contribution in [0.15, 0.2) is 204 Å². The van der Waals surface area contributed by atoms with Crippen molar-refractivity contribution in [3.63, 3.8) is 0 Å². The van der Waals surface area contributed by atoms with E-state index in [1.165, 1.54) is 85.5 Å². The molecule has 3 heterocycles. The van der Waals surface area contributed by atoms with Gasteiger partial charge in [0.1, 0.15) is 0 Å². The van der Waals surface area contributed by atoms with Crippen LogP contribution >= 0.6 is 11.8 Å². The first-order valence-corrected chi connectivity index (χ1v) is 20.7. The summed E-state index contributed by atoms with van der Waals surface area (Å²) in [5.41, 5.74) is 7.22. The van der Waals surface area contributed by atoms with Gasteiger partial charge in [0.25, 0.3) is 0 Å². The van der Waals surface area contributed by atoms with Gasteiger partial charge in [0.2, 0.25) is 0 Å². The van der Waals surface area contributed by atoms with Crippen molar-refractivity contribution in [3.05, 3.63) is 194 Å². The molecule has 11 rings (SSSR count). The summed E-state index contributed by atoms with van der Waals surface area (Å²) < 4.78 is 4.90. The average Bonchev–Trinajstić information content (AvgIpc) is 3.73. The second kappa shape index (κ2) is 11.5. The van der Waals surface area contributed by atoms with E-state index in [9.17, 15) is 0 Å². The molecule has 10 aromatic rings. The fraction of sp³-hybridized carbons (Fsp3) is 0. The van der Waals surface area contributed by atoms with Crippen LogP contribution in [0.2, 0.25) is 0 Å². The number of fused-ring (bicyclic) bond motifs is 8. The van der Waals surface area contributed by atoms with Crippen molar-refractivity contribution in [1.29, 1.82) is 0 Å². The van der Waals surface area contributed by atoms with Crippen molar-refractivity contribution < 1.29 is 0 Å². The largest absolute Gasteiger partial charge is 0.309 e. The van der Waals surface area contributed by atoms with Gasteiger partial charge in [0.05, 0.1) is 22.1 Å². The zero-order valence-corrected chi connectivity index (χ0v) is 30.1. The lowest BCUT2D eigenvalue weighted by Gasteiger charge is -2.39. The summed E-state index contributed by atoms with van der Waals surface area (Å²) in [5, 5.41) is 10.8. The molecule has 2 nitrogen and oxygen atoms in total. The summed E-state index contributed by atoms with van der Waals surface area (Å²) in [5.74, 6) is 0. The Morgan fingerprint density at radius 1 is 0.327 bits per heavy atom. The average molecular weight is 697 g/mol. The lowest BCUT2D eigenvalue weighted by Crippen LogP contribution is -2.76. The van der Waals surface area contributed by atoms with E-state index in [1.54, 1.807) is 0 Å². The molecule has 0 spiro atoms. The maximum Gasteiger partial charge on any atom is 0.181 e. The molecular formula is C48H32N2SSi. The molecule has 0 aliphatic carbocycles. The molecule has 1 aliphatic rings. The Hall–Kier alpha value is -6.07. The topological polar surface area (TPSA) is 9.86 Å². The molecule has 0 radical (unpaired) electrons. The standard InChI is InChI=1S/C48H32N2SSi/c1-3-15-33(16-4-1)49-42-22-10-8-20-38(42)40-31-34(27-30-43(40)49)50-41-21-9-7-19-37(41)39-29-28-36(32-44(39)50)52(35-17-5-2-6-18-35)47-25-13-11-23-45(47)51-46-24-12-14-26-48(46)52/h1-32H. The van der Waals surface area contributed by atoms with E-state index in [2.05, 4.69) is 203 Å². The van der Waals surface area contributed by atoms with E-state index in [-0.39, 0.29) is 0 Å². The smallest absolute Gasteiger partial charge is 0.181 e. The highest BCUT2D eigenvalue weighted by molar-refractivity contribution is 8.00. The summed E-state index contributed by atoms with van der Waals surface area (Å²) in [7, 11) is -2.72. The summed E-state index contributed by atoms with van der Waals surface area (Å²) in [6.07, 6.45) is 0. The highest BCUT2D eigenvalue weighted by atomic mass is 32.2. The number of para-hydroxylation sites is 3. The zero-order chi connectivity index (χ0) is 34.2. The Bertz CT molecular complexity index is 2950. The van der Waals surface area contributed by atoms with Gasteiger partial charge >= 0.3 is 0 Å². The van der Waals surface area contributed by atoms with Crippen molar-refractivity contribution >= 4 is 84.2 Å². The van der Waals surface area contributed by atoms with Gasteiger partial charge in [0.15, 0.2) is 8.07 Å². The van der Waals surface area contributed by atoms with E-state index in [0.717, 1.165) is 0 Å². The summed E-state index contributed by atoms with van der Waals surface area (Å²) in [4.78, 5) is 2.72. The lowest BCUT2D eigenvalue weighted by atomic mass is 10.1. The Kier molecular flexibility index (Phi) is 6.54. The van der Waals surface area contributed by atoms with Gasteiger partial charge < -0.3 is 9.13 Å². The fourth-order valence-corrected chi connectivity index (χ4v) is 15.9. The van der Waals surface area contributed by atoms with Crippen LogP contribution in [0.4, 0.5) is 0 Å². The van der Waals surface area contributed by atoms with Crippen molar-refractivity contribution in [2.75, 3.05) is 0 Å². The molecule has 0 atom stereocenters. The highest BCUT2D eigenvalue weighted by Crippen LogP contribution is 2.38. The Morgan fingerprint density at radius 3 is 1.54 bits per heavy atom. The van der Waals surface area contributed by atoms with E-state index in [1.807, 2.05) is 11.8 Å². The van der Waals surface area contributed by atoms with Crippen LogP contribution in [0.5, 0.6) is 0 Å². The van der Waals surface area contributed by atoms with Gasteiger partial charge in [-0.15, -0.1) is 0 Å². The molecular weight excluding hydrogens is 665 g/mol. The predicted octanol–water partition coefficient (Wildman–Crippen LogP) is 9.72. The molecule has 0 saturated carbocycles. The van der Waals surface area contributed by atoms with E-state index >= 15 is 0 Å². The van der Waals surface area contributed by atoms with Crippen LogP contribution in [0, 0.1) is 0 Å². The quantitative estimate of drug-likeness (QED) is 0.167. The molecule has 1 aliphatic heterocycles. The third kappa shape index (κ3) is 4.13. The molecule has 0 unspecified atom stereocenters. The van der Waals surface area contributed by atoms with Crippen LogP contribution in [0.1, 0.15) is 0 Å². The minimum Gasteiger partial charge on any atom is -0.309 e. The van der Waals surface area contributed by atoms with E-state index in [0.29, 0.717) is 0 Å². The number of hydrogen-bond acceptors (Lipinski definition) is 1. The third-order valence-corrected chi connectivity index (χ3v) is 17.4. The Labute approximate surface area is 307 Å². The van der Waals surface area contributed by atoms with Crippen LogP contribution in [-0.2, 0) is 0 Å². The Morgan fingerprint density at radius 2 is 0.846 bits per heavy atom. The number of rotatable bonds is 4.